The van der Waals surface area contributed by atoms with E-state index in [1.54, 1.807) is 7.05 Å². The zero-order valence-corrected chi connectivity index (χ0v) is 21.8. The van der Waals surface area contributed by atoms with Gasteiger partial charge in [0, 0.05) is 12.6 Å². The summed E-state index contributed by atoms with van der Waals surface area (Å²) in [5.41, 5.74) is 8.20. The Hall–Kier alpha value is -3.18. The summed E-state index contributed by atoms with van der Waals surface area (Å²) in [6, 6.07) is 12.4. The van der Waals surface area contributed by atoms with Crippen molar-refractivity contribution in [2.75, 3.05) is 0 Å². The SMILES string of the molecule is Cc1ccc(-c2c(C)c(-c3ccc4c(c3)CCC4)c(C(OC(C)(C)C)C(=O)O)n(C)c2=O)cc1C. The number of carboxylic acids is 1. The van der Waals surface area contributed by atoms with Crippen LogP contribution in [0.3, 0.4) is 0 Å². The van der Waals surface area contributed by atoms with Crippen molar-refractivity contribution in [2.24, 2.45) is 7.05 Å². The lowest BCUT2D eigenvalue weighted by Crippen LogP contribution is -2.33. The van der Waals surface area contributed by atoms with Crippen LogP contribution in [-0.2, 0) is 29.4 Å². The van der Waals surface area contributed by atoms with Crippen LogP contribution < -0.4 is 5.56 Å². The number of aryl methyl sites for hydroxylation is 4. The minimum Gasteiger partial charge on any atom is -0.479 e. The Morgan fingerprint density at radius 1 is 0.943 bits per heavy atom. The summed E-state index contributed by atoms with van der Waals surface area (Å²) >= 11 is 0. The molecule has 3 aromatic rings. The highest BCUT2D eigenvalue weighted by molar-refractivity contribution is 5.84. The van der Waals surface area contributed by atoms with Crippen molar-refractivity contribution in [1.29, 1.82) is 0 Å². The quantitative estimate of drug-likeness (QED) is 0.488. The molecule has 1 atom stereocenters. The van der Waals surface area contributed by atoms with Gasteiger partial charge in [0.05, 0.1) is 16.9 Å². The third-order valence-corrected chi connectivity index (χ3v) is 7.01. The van der Waals surface area contributed by atoms with Crippen molar-refractivity contribution in [1.82, 2.24) is 4.57 Å². The van der Waals surface area contributed by atoms with E-state index in [1.807, 2.05) is 59.7 Å². The highest BCUT2D eigenvalue weighted by Gasteiger charge is 2.34. The number of carboxylic acid groups (broad SMARTS) is 1. The highest BCUT2D eigenvalue weighted by atomic mass is 16.5. The van der Waals surface area contributed by atoms with Crippen molar-refractivity contribution >= 4 is 5.97 Å². The molecule has 0 amide bonds. The lowest BCUT2D eigenvalue weighted by molar-refractivity contribution is -0.161. The largest absolute Gasteiger partial charge is 0.479 e. The molecular formula is C30H35NO4. The maximum atomic E-state index is 13.8. The molecule has 4 rings (SSSR count). The second-order valence-corrected chi connectivity index (χ2v) is 10.7. The Labute approximate surface area is 207 Å². The standard InChI is InChI=1S/C30H35NO4/c1-17-11-12-22(15-18(17)2)25-19(3)24(23-14-13-20-9-8-10-21(20)16-23)26(31(7)28(25)32)27(29(33)34)35-30(4,5)6/h11-16,27H,8-10H2,1-7H3,(H,33,34). The second kappa shape index (κ2) is 9.12. The Kier molecular flexibility index (Phi) is 6.50. The normalized spacial score (nSPS) is 14.1. The van der Waals surface area contributed by atoms with Gasteiger partial charge in [0.1, 0.15) is 0 Å². The van der Waals surface area contributed by atoms with E-state index in [-0.39, 0.29) is 5.56 Å². The molecule has 0 spiro atoms. The van der Waals surface area contributed by atoms with Crippen LogP contribution in [0.1, 0.15) is 66.8 Å². The highest BCUT2D eigenvalue weighted by Crippen LogP contribution is 2.39. The van der Waals surface area contributed by atoms with Gasteiger partial charge in [0.15, 0.2) is 6.10 Å². The van der Waals surface area contributed by atoms with E-state index < -0.39 is 17.7 Å². The molecule has 1 heterocycles. The van der Waals surface area contributed by atoms with Crippen LogP contribution >= 0.6 is 0 Å². The Bertz CT molecular complexity index is 1370. The molecule has 0 saturated carbocycles. The number of carbonyl (C=O) groups is 1. The summed E-state index contributed by atoms with van der Waals surface area (Å²) in [5, 5.41) is 10.2. The number of hydrogen-bond acceptors (Lipinski definition) is 3. The maximum Gasteiger partial charge on any atom is 0.339 e. The molecular weight excluding hydrogens is 438 g/mol. The molecule has 1 aliphatic rings. The number of hydrogen-bond donors (Lipinski definition) is 1. The fraction of sp³-hybridized carbons (Fsp3) is 0.400. The first-order chi connectivity index (χ1) is 16.4. The van der Waals surface area contributed by atoms with Crippen molar-refractivity contribution in [3.05, 3.63) is 80.3 Å². The fourth-order valence-electron chi connectivity index (χ4n) is 5.13. The van der Waals surface area contributed by atoms with E-state index >= 15 is 0 Å². The number of aromatic nitrogens is 1. The van der Waals surface area contributed by atoms with E-state index in [4.69, 9.17) is 4.74 Å². The van der Waals surface area contributed by atoms with E-state index in [9.17, 15) is 14.7 Å². The van der Waals surface area contributed by atoms with Crippen molar-refractivity contribution in [3.63, 3.8) is 0 Å². The summed E-state index contributed by atoms with van der Waals surface area (Å²) in [6.45, 7) is 11.5. The first-order valence-electron chi connectivity index (χ1n) is 12.2. The predicted octanol–water partition coefficient (Wildman–Crippen LogP) is 6.07. The molecule has 184 valence electrons. The van der Waals surface area contributed by atoms with Gasteiger partial charge in [-0.05, 0) is 99.7 Å². The maximum absolute atomic E-state index is 13.8. The minimum absolute atomic E-state index is 0.227. The molecule has 1 unspecified atom stereocenters. The number of nitrogens with zero attached hydrogens (tertiary/aromatic N) is 1. The van der Waals surface area contributed by atoms with E-state index in [2.05, 4.69) is 18.2 Å². The third kappa shape index (κ3) is 4.70. The molecule has 0 saturated heterocycles. The van der Waals surface area contributed by atoms with E-state index in [1.165, 1.54) is 15.7 Å². The van der Waals surface area contributed by atoms with Gasteiger partial charge in [0.25, 0.3) is 5.56 Å². The van der Waals surface area contributed by atoms with Crippen LogP contribution in [0.2, 0.25) is 0 Å². The molecule has 1 N–H and O–H groups in total. The lowest BCUT2D eigenvalue weighted by Gasteiger charge is -2.29. The molecule has 0 radical (unpaired) electrons. The zero-order valence-electron chi connectivity index (χ0n) is 21.8. The van der Waals surface area contributed by atoms with Gasteiger partial charge in [-0.1, -0.05) is 36.4 Å². The second-order valence-electron chi connectivity index (χ2n) is 10.7. The van der Waals surface area contributed by atoms with Crippen molar-refractivity contribution < 1.29 is 14.6 Å². The van der Waals surface area contributed by atoms with Crippen LogP contribution in [0.4, 0.5) is 0 Å². The lowest BCUT2D eigenvalue weighted by atomic mass is 9.88. The van der Waals surface area contributed by atoms with Gasteiger partial charge in [-0.2, -0.15) is 0 Å². The topological polar surface area (TPSA) is 68.5 Å². The van der Waals surface area contributed by atoms with Gasteiger partial charge in [-0.15, -0.1) is 0 Å². The molecule has 1 aromatic heterocycles. The zero-order chi connectivity index (χ0) is 25.7. The van der Waals surface area contributed by atoms with Gasteiger partial charge in [-0.3, -0.25) is 4.79 Å². The summed E-state index contributed by atoms with van der Waals surface area (Å²) in [4.78, 5) is 26.3. The molecule has 5 heteroatoms. The smallest absolute Gasteiger partial charge is 0.339 e. The molecule has 35 heavy (non-hydrogen) atoms. The van der Waals surface area contributed by atoms with Crippen LogP contribution in [-0.4, -0.2) is 21.2 Å². The first kappa shape index (κ1) is 24.9. The Morgan fingerprint density at radius 2 is 1.57 bits per heavy atom. The van der Waals surface area contributed by atoms with Crippen LogP contribution in [0.15, 0.2) is 41.2 Å². The molecule has 0 aliphatic heterocycles. The summed E-state index contributed by atoms with van der Waals surface area (Å²) in [6.07, 6.45) is 1.90. The Balaban J connectivity index is 2.08. The summed E-state index contributed by atoms with van der Waals surface area (Å²) in [5.74, 6) is -1.12. The average Bonchev–Trinajstić information content (AvgIpc) is 3.24. The number of rotatable bonds is 5. The summed E-state index contributed by atoms with van der Waals surface area (Å²) in [7, 11) is 1.65. The van der Waals surface area contributed by atoms with E-state index in [0.717, 1.165) is 52.6 Å². The van der Waals surface area contributed by atoms with Gasteiger partial charge >= 0.3 is 5.97 Å². The van der Waals surface area contributed by atoms with Gasteiger partial charge < -0.3 is 14.4 Å². The minimum atomic E-state index is -1.29. The number of pyridine rings is 1. The Morgan fingerprint density at radius 3 is 2.20 bits per heavy atom. The average molecular weight is 474 g/mol. The fourth-order valence-corrected chi connectivity index (χ4v) is 5.13. The molecule has 5 nitrogen and oxygen atoms in total. The van der Waals surface area contributed by atoms with E-state index in [0.29, 0.717) is 11.3 Å². The number of benzene rings is 2. The number of ether oxygens (including phenoxy) is 1. The molecule has 0 bridgehead atoms. The molecule has 1 aliphatic carbocycles. The van der Waals surface area contributed by atoms with Gasteiger partial charge in [-0.25, -0.2) is 4.79 Å². The predicted molar refractivity (Wildman–Crippen MR) is 140 cm³/mol. The number of fused-ring (bicyclic) bond motifs is 1. The third-order valence-electron chi connectivity index (χ3n) is 7.01. The molecule has 0 fully saturated rings. The summed E-state index contributed by atoms with van der Waals surface area (Å²) < 4.78 is 7.53. The monoisotopic (exact) mass is 473 g/mol. The van der Waals surface area contributed by atoms with Gasteiger partial charge in [0.2, 0.25) is 0 Å². The van der Waals surface area contributed by atoms with Crippen LogP contribution in [0.25, 0.3) is 22.3 Å². The van der Waals surface area contributed by atoms with Crippen molar-refractivity contribution in [2.45, 2.75) is 72.5 Å². The molecule has 2 aromatic carbocycles. The van der Waals surface area contributed by atoms with Crippen LogP contribution in [0, 0.1) is 20.8 Å². The first-order valence-corrected chi connectivity index (χ1v) is 12.2. The number of aliphatic carboxylic acids is 1. The van der Waals surface area contributed by atoms with Crippen LogP contribution in [0.5, 0.6) is 0 Å². The van der Waals surface area contributed by atoms with Crippen molar-refractivity contribution in [3.8, 4) is 22.3 Å².